The second-order valence-corrected chi connectivity index (χ2v) is 11.4. The Bertz CT molecular complexity index is 1450. The third-order valence-electron chi connectivity index (χ3n) is 6.85. The summed E-state index contributed by atoms with van der Waals surface area (Å²) in [4.78, 5) is 41.6. The lowest BCUT2D eigenvalue weighted by Gasteiger charge is -2.33. The number of imidazole rings is 1. The van der Waals surface area contributed by atoms with E-state index in [1.54, 1.807) is 67.2 Å². The number of hydrogen-bond donors (Lipinski definition) is 3. The summed E-state index contributed by atoms with van der Waals surface area (Å²) in [6, 6.07) is 14.2. The Balaban J connectivity index is 1.50. The van der Waals surface area contributed by atoms with Crippen LogP contribution in [0.1, 0.15) is 50.3 Å². The first-order valence-corrected chi connectivity index (χ1v) is 14.3. The van der Waals surface area contributed by atoms with Crippen molar-refractivity contribution < 1.29 is 23.6 Å². The average Bonchev–Trinajstić information content (AvgIpc) is 3.50. The molecule has 0 saturated heterocycles. The SMILES string of the molecule is CCC(CC)(c1ccc(NC(=O)CCc2oc(-n3ccnc3C)nc2-c2ccc(Cl)cc2)cc1)P(=O)(O)O. The standard InChI is InChI=1S/C27H30ClN4O5P/c1-4-27(5-2,38(34,35)36)20-8-12-22(13-9-20)30-24(33)15-14-23-25(19-6-10-21(28)11-7-19)31-26(37-23)32-17-16-29-18(32)3/h6-13,16-17H,4-5,14-15H2,1-3H3,(H,30,33)(H2,34,35,36). The number of carbonyl (C=O) groups is 1. The molecule has 11 heteroatoms. The molecule has 0 unspecified atom stereocenters. The highest BCUT2D eigenvalue weighted by atomic mass is 35.5. The van der Waals surface area contributed by atoms with E-state index in [2.05, 4.69) is 15.3 Å². The second kappa shape index (κ2) is 11.3. The van der Waals surface area contributed by atoms with Gasteiger partial charge in [-0.1, -0.05) is 49.7 Å². The molecule has 0 bridgehead atoms. The van der Waals surface area contributed by atoms with Crippen LogP contribution >= 0.6 is 19.2 Å². The van der Waals surface area contributed by atoms with Gasteiger partial charge in [0.2, 0.25) is 5.91 Å². The van der Waals surface area contributed by atoms with Crippen LogP contribution in [0, 0.1) is 6.92 Å². The van der Waals surface area contributed by atoms with Gasteiger partial charge in [0, 0.05) is 41.5 Å². The highest BCUT2D eigenvalue weighted by Gasteiger charge is 2.45. The topological polar surface area (TPSA) is 130 Å². The Morgan fingerprint density at radius 3 is 2.32 bits per heavy atom. The van der Waals surface area contributed by atoms with E-state index in [0.29, 0.717) is 53.0 Å². The van der Waals surface area contributed by atoms with Crippen LogP contribution in [0.4, 0.5) is 5.69 Å². The van der Waals surface area contributed by atoms with E-state index in [0.717, 1.165) is 11.4 Å². The van der Waals surface area contributed by atoms with Crippen molar-refractivity contribution in [3.63, 3.8) is 0 Å². The van der Waals surface area contributed by atoms with E-state index in [9.17, 15) is 19.1 Å². The first-order valence-electron chi connectivity index (χ1n) is 12.3. The molecule has 0 aliphatic carbocycles. The Kier molecular flexibility index (Phi) is 8.23. The van der Waals surface area contributed by atoms with Gasteiger partial charge in [0.15, 0.2) is 0 Å². The maximum atomic E-state index is 12.8. The van der Waals surface area contributed by atoms with Crippen molar-refractivity contribution in [3.05, 3.63) is 83.1 Å². The number of oxazole rings is 1. The maximum absolute atomic E-state index is 12.8. The molecular formula is C27H30ClN4O5P. The number of hydrogen-bond acceptors (Lipinski definition) is 5. The lowest BCUT2D eigenvalue weighted by molar-refractivity contribution is -0.116. The van der Waals surface area contributed by atoms with Gasteiger partial charge in [0.1, 0.15) is 17.3 Å². The molecule has 9 nitrogen and oxygen atoms in total. The zero-order valence-electron chi connectivity index (χ0n) is 21.4. The third kappa shape index (κ3) is 5.61. The fourth-order valence-corrected chi connectivity index (χ4v) is 6.01. The Morgan fingerprint density at radius 2 is 1.76 bits per heavy atom. The Morgan fingerprint density at radius 1 is 1.11 bits per heavy atom. The molecule has 0 atom stereocenters. The minimum Gasteiger partial charge on any atom is -0.427 e. The van der Waals surface area contributed by atoms with Crippen LogP contribution in [0.5, 0.6) is 0 Å². The van der Waals surface area contributed by atoms with Crippen molar-refractivity contribution in [2.24, 2.45) is 0 Å². The van der Waals surface area contributed by atoms with Crippen molar-refractivity contribution in [3.8, 4) is 17.3 Å². The number of benzene rings is 2. The first kappa shape index (κ1) is 27.8. The van der Waals surface area contributed by atoms with Gasteiger partial charge in [-0.3, -0.25) is 13.9 Å². The van der Waals surface area contributed by atoms with Gasteiger partial charge in [0.25, 0.3) is 0 Å². The van der Waals surface area contributed by atoms with E-state index >= 15 is 0 Å². The van der Waals surface area contributed by atoms with E-state index in [4.69, 9.17) is 16.0 Å². The number of anilines is 1. The molecule has 0 aliphatic rings. The molecule has 2 aromatic carbocycles. The van der Waals surface area contributed by atoms with E-state index in [1.807, 2.05) is 19.1 Å². The molecule has 3 N–H and O–H groups in total. The molecule has 4 rings (SSSR count). The van der Waals surface area contributed by atoms with Gasteiger partial charge in [-0.05, 0) is 49.6 Å². The van der Waals surface area contributed by atoms with Gasteiger partial charge in [-0.2, -0.15) is 4.98 Å². The molecule has 2 heterocycles. The fourth-order valence-electron chi connectivity index (χ4n) is 4.58. The number of amides is 1. The zero-order chi connectivity index (χ0) is 27.5. The highest BCUT2D eigenvalue weighted by molar-refractivity contribution is 7.53. The van der Waals surface area contributed by atoms with E-state index < -0.39 is 12.8 Å². The van der Waals surface area contributed by atoms with Gasteiger partial charge in [-0.15, -0.1) is 0 Å². The largest absolute Gasteiger partial charge is 0.427 e. The zero-order valence-corrected chi connectivity index (χ0v) is 23.0. The number of aromatic nitrogens is 3. The fraction of sp³-hybridized carbons (Fsp3) is 0.296. The highest BCUT2D eigenvalue weighted by Crippen LogP contribution is 2.60. The number of nitrogens with zero attached hydrogens (tertiary/aromatic N) is 3. The van der Waals surface area contributed by atoms with Gasteiger partial charge >= 0.3 is 13.6 Å². The first-order chi connectivity index (χ1) is 18.1. The summed E-state index contributed by atoms with van der Waals surface area (Å²) in [5.74, 6) is 1.04. The van der Waals surface area contributed by atoms with Crippen molar-refractivity contribution in [1.29, 1.82) is 0 Å². The summed E-state index contributed by atoms with van der Waals surface area (Å²) >= 11 is 6.05. The van der Waals surface area contributed by atoms with Crippen LogP contribution in [0.25, 0.3) is 17.3 Å². The van der Waals surface area contributed by atoms with Crippen molar-refractivity contribution in [2.45, 2.75) is 51.6 Å². The molecule has 4 aromatic rings. The van der Waals surface area contributed by atoms with Gasteiger partial charge < -0.3 is 19.5 Å². The predicted octanol–water partition coefficient (Wildman–Crippen LogP) is 6.25. The monoisotopic (exact) mass is 556 g/mol. The summed E-state index contributed by atoms with van der Waals surface area (Å²) in [7, 11) is -4.39. The number of aryl methyl sites for hydroxylation is 2. The Hall–Kier alpha value is -3.23. The Labute approximate surface area is 226 Å². The van der Waals surface area contributed by atoms with Crippen LogP contribution in [0.15, 0.2) is 65.3 Å². The smallest absolute Gasteiger partial charge is 0.335 e. The molecule has 0 saturated carbocycles. The summed E-state index contributed by atoms with van der Waals surface area (Å²) in [5.41, 5.74) is 2.52. The number of rotatable bonds is 10. The van der Waals surface area contributed by atoms with Crippen LogP contribution in [0.3, 0.4) is 0 Å². The molecule has 0 aliphatic heterocycles. The lowest BCUT2D eigenvalue weighted by Crippen LogP contribution is -2.24. The molecule has 2 aromatic heterocycles. The minimum atomic E-state index is -4.39. The minimum absolute atomic E-state index is 0.135. The van der Waals surface area contributed by atoms with Crippen LogP contribution < -0.4 is 5.32 Å². The van der Waals surface area contributed by atoms with Gasteiger partial charge in [-0.25, -0.2) is 4.98 Å². The maximum Gasteiger partial charge on any atom is 0.335 e. The summed E-state index contributed by atoms with van der Waals surface area (Å²) < 4.78 is 20.0. The summed E-state index contributed by atoms with van der Waals surface area (Å²) in [6.45, 7) is 5.37. The summed E-state index contributed by atoms with van der Waals surface area (Å²) in [6.07, 6.45) is 4.45. The normalized spacial score (nSPS) is 12.1. The lowest BCUT2D eigenvalue weighted by atomic mass is 9.92. The van der Waals surface area contributed by atoms with Crippen molar-refractivity contribution in [1.82, 2.24) is 14.5 Å². The number of nitrogens with one attached hydrogen (secondary N) is 1. The average molecular weight is 557 g/mol. The molecular weight excluding hydrogens is 527 g/mol. The molecule has 1 amide bonds. The van der Waals surface area contributed by atoms with E-state index in [1.165, 1.54) is 0 Å². The quantitative estimate of drug-likeness (QED) is 0.197. The van der Waals surface area contributed by atoms with E-state index in [-0.39, 0.29) is 12.3 Å². The van der Waals surface area contributed by atoms with Gasteiger partial charge in [0.05, 0.1) is 5.16 Å². The predicted molar refractivity (Wildman–Crippen MR) is 147 cm³/mol. The number of halogens is 1. The molecule has 0 fully saturated rings. The second-order valence-electron chi connectivity index (χ2n) is 9.03. The number of carbonyl (C=O) groups excluding carboxylic acids is 1. The molecule has 38 heavy (non-hydrogen) atoms. The molecule has 0 radical (unpaired) electrons. The van der Waals surface area contributed by atoms with Crippen LogP contribution in [-0.2, 0) is 20.9 Å². The van der Waals surface area contributed by atoms with Crippen LogP contribution in [-0.4, -0.2) is 30.2 Å². The third-order valence-corrected chi connectivity index (χ3v) is 9.11. The van der Waals surface area contributed by atoms with Crippen molar-refractivity contribution in [2.75, 3.05) is 5.32 Å². The van der Waals surface area contributed by atoms with Crippen LogP contribution in [0.2, 0.25) is 5.02 Å². The summed E-state index contributed by atoms with van der Waals surface area (Å²) in [5, 5.41) is 2.21. The molecule has 0 spiro atoms. The van der Waals surface area contributed by atoms with Crippen molar-refractivity contribution >= 4 is 30.8 Å². The molecule has 200 valence electrons.